The molecule has 0 unspecified atom stereocenters. The first kappa shape index (κ1) is 12.0. The van der Waals surface area contributed by atoms with E-state index in [4.69, 9.17) is 12.2 Å². The molecule has 1 aromatic rings. The van der Waals surface area contributed by atoms with Crippen LogP contribution in [0.15, 0.2) is 12.1 Å². The summed E-state index contributed by atoms with van der Waals surface area (Å²) in [7, 11) is 0. The Labute approximate surface area is 97.1 Å². The largest absolute Gasteiger partial charge is 0.363 e. The Kier molecular flexibility index (Phi) is 4.09. The lowest BCUT2D eigenvalue weighted by Gasteiger charge is -2.13. The van der Waals surface area contributed by atoms with Crippen LogP contribution < -0.4 is 10.6 Å². The minimum absolute atomic E-state index is 0.684. The zero-order chi connectivity index (χ0) is 11.4. The fourth-order valence-corrected chi connectivity index (χ4v) is 1.68. The van der Waals surface area contributed by atoms with Gasteiger partial charge in [0.15, 0.2) is 5.11 Å². The summed E-state index contributed by atoms with van der Waals surface area (Å²) in [6.45, 7) is 9.19. The smallest absolute Gasteiger partial charge is 0.170 e. The van der Waals surface area contributed by atoms with Gasteiger partial charge in [-0.25, -0.2) is 0 Å². The standard InChI is InChI=1S/C12H18N2S/c1-5-13-12(15)14-11-7-9(3)8(2)6-10(11)4/h6-7H,5H2,1-4H3,(H2,13,14,15). The van der Waals surface area contributed by atoms with Gasteiger partial charge in [-0.15, -0.1) is 0 Å². The molecule has 0 spiro atoms. The molecule has 0 aliphatic heterocycles. The monoisotopic (exact) mass is 222 g/mol. The zero-order valence-electron chi connectivity index (χ0n) is 9.77. The molecule has 2 N–H and O–H groups in total. The van der Waals surface area contributed by atoms with Gasteiger partial charge in [-0.2, -0.15) is 0 Å². The second-order valence-corrected chi connectivity index (χ2v) is 4.14. The van der Waals surface area contributed by atoms with Crippen molar-refractivity contribution in [2.75, 3.05) is 11.9 Å². The molecular weight excluding hydrogens is 204 g/mol. The number of thiocarbonyl (C=S) groups is 1. The summed E-state index contributed by atoms with van der Waals surface area (Å²) in [5.41, 5.74) is 4.90. The number of nitrogens with one attached hydrogen (secondary N) is 2. The van der Waals surface area contributed by atoms with Gasteiger partial charge in [-0.05, 0) is 62.7 Å². The van der Waals surface area contributed by atoms with Gasteiger partial charge in [0.05, 0.1) is 0 Å². The Bertz CT molecular complexity index is 372. The van der Waals surface area contributed by atoms with Crippen LogP contribution in [0, 0.1) is 20.8 Å². The molecule has 82 valence electrons. The number of benzene rings is 1. The molecule has 1 aromatic carbocycles. The minimum Gasteiger partial charge on any atom is -0.363 e. The van der Waals surface area contributed by atoms with E-state index in [2.05, 4.69) is 43.5 Å². The first-order chi connectivity index (χ1) is 7.04. The van der Waals surface area contributed by atoms with Gasteiger partial charge in [0.25, 0.3) is 0 Å². The molecule has 15 heavy (non-hydrogen) atoms. The summed E-state index contributed by atoms with van der Waals surface area (Å²) in [5, 5.41) is 6.96. The van der Waals surface area contributed by atoms with E-state index >= 15 is 0 Å². The fourth-order valence-electron chi connectivity index (χ4n) is 1.42. The summed E-state index contributed by atoms with van der Waals surface area (Å²) < 4.78 is 0. The van der Waals surface area contributed by atoms with Gasteiger partial charge in [0.2, 0.25) is 0 Å². The number of hydrogen-bond donors (Lipinski definition) is 2. The first-order valence-corrected chi connectivity index (χ1v) is 5.58. The van der Waals surface area contributed by atoms with Gasteiger partial charge in [0.1, 0.15) is 0 Å². The second-order valence-electron chi connectivity index (χ2n) is 3.74. The van der Waals surface area contributed by atoms with Crippen LogP contribution in [0.25, 0.3) is 0 Å². The van der Waals surface area contributed by atoms with Gasteiger partial charge >= 0.3 is 0 Å². The van der Waals surface area contributed by atoms with Crippen LogP contribution in [0.1, 0.15) is 23.6 Å². The summed E-state index contributed by atoms with van der Waals surface area (Å²) in [5.74, 6) is 0. The summed E-state index contributed by atoms with van der Waals surface area (Å²) >= 11 is 5.15. The number of rotatable bonds is 2. The predicted octanol–water partition coefficient (Wildman–Crippen LogP) is 2.92. The van der Waals surface area contributed by atoms with Crippen molar-refractivity contribution >= 4 is 23.0 Å². The van der Waals surface area contributed by atoms with Crippen molar-refractivity contribution in [3.63, 3.8) is 0 Å². The summed E-state index contributed by atoms with van der Waals surface area (Å²) in [6, 6.07) is 4.31. The lowest BCUT2D eigenvalue weighted by atomic mass is 10.1. The van der Waals surface area contributed by atoms with Crippen molar-refractivity contribution in [1.82, 2.24) is 5.32 Å². The highest BCUT2D eigenvalue weighted by Gasteiger charge is 2.02. The van der Waals surface area contributed by atoms with E-state index in [1.165, 1.54) is 16.7 Å². The fraction of sp³-hybridized carbons (Fsp3) is 0.417. The molecule has 0 saturated heterocycles. The van der Waals surface area contributed by atoms with E-state index in [0.29, 0.717) is 5.11 Å². The Hall–Kier alpha value is -1.09. The number of hydrogen-bond acceptors (Lipinski definition) is 1. The van der Waals surface area contributed by atoms with Crippen molar-refractivity contribution in [3.05, 3.63) is 28.8 Å². The third-order valence-corrected chi connectivity index (χ3v) is 2.67. The third-order valence-electron chi connectivity index (χ3n) is 2.43. The maximum atomic E-state index is 5.15. The summed E-state index contributed by atoms with van der Waals surface area (Å²) in [6.07, 6.45) is 0. The highest BCUT2D eigenvalue weighted by molar-refractivity contribution is 7.80. The molecule has 0 aliphatic carbocycles. The normalized spacial score (nSPS) is 9.87. The maximum absolute atomic E-state index is 5.15. The van der Waals surface area contributed by atoms with Gasteiger partial charge in [-0.3, -0.25) is 0 Å². The molecule has 0 aromatic heterocycles. The molecule has 2 nitrogen and oxygen atoms in total. The molecule has 0 fully saturated rings. The Morgan fingerprint density at radius 1 is 1.13 bits per heavy atom. The van der Waals surface area contributed by atoms with Crippen LogP contribution in [-0.2, 0) is 0 Å². The predicted molar refractivity (Wildman–Crippen MR) is 70.6 cm³/mol. The third kappa shape index (κ3) is 3.20. The molecule has 0 saturated carbocycles. The number of aryl methyl sites for hydroxylation is 3. The molecule has 0 heterocycles. The molecule has 3 heteroatoms. The molecule has 0 radical (unpaired) electrons. The van der Waals surface area contributed by atoms with Crippen LogP contribution in [0.2, 0.25) is 0 Å². The average molecular weight is 222 g/mol. The molecule has 1 rings (SSSR count). The van der Waals surface area contributed by atoms with E-state index in [1.54, 1.807) is 0 Å². The van der Waals surface area contributed by atoms with Gasteiger partial charge < -0.3 is 10.6 Å². The van der Waals surface area contributed by atoms with Crippen molar-refractivity contribution in [2.24, 2.45) is 0 Å². The first-order valence-electron chi connectivity index (χ1n) is 5.17. The maximum Gasteiger partial charge on any atom is 0.170 e. The van der Waals surface area contributed by atoms with Crippen LogP contribution in [-0.4, -0.2) is 11.7 Å². The number of anilines is 1. The van der Waals surface area contributed by atoms with Crippen molar-refractivity contribution in [2.45, 2.75) is 27.7 Å². The quantitative estimate of drug-likeness (QED) is 0.752. The highest BCUT2D eigenvalue weighted by Crippen LogP contribution is 2.19. The average Bonchev–Trinajstić information content (AvgIpc) is 2.14. The topological polar surface area (TPSA) is 24.1 Å². The van der Waals surface area contributed by atoms with E-state index in [0.717, 1.165) is 12.2 Å². The van der Waals surface area contributed by atoms with Crippen LogP contribution in [0.3, 0.4) is 0 Å². The van der Waals surface area contributed by atoms with E-state index in [9.17, 15) is 0 Å². The molecule has 0 amide bonds. The molecular formula is C12H18N2S. The lowest BCUT2D eigenvalue weighted by Crippen LogP contribution is -2.28. The Morgan fingerprint density at radius 2 is 1.73 bits per heavy atom. The van der Waals surface area contributed by atoms with Crippen molar-refractivity contribution < 1.29 is 0 Å². The van der Waals surface area contributed by atoms with Crippen LogP contribution in [0.4, 0.5) is 5.69 Å². The Morgan fingerprint density at radius 3 is 2.33 bits per heavy atom. The van der Waals surface area contributed by atoms with E-state index in [-0.39, 0.29) is 0 Å². The second kappa shape index (κ2) is 5.12. The summed E-state index contributed by atoms with van der Waals surface area (Å²) in [4.78, 5) is 0. The van der Waals surface area contributed by atoms with E-state index < -0.39 is 0 Å². The van der Waals surface area contributed by atoms with Crippen LogP contribution >= 0.6 is 12.2 Å². The highest BCUT2D eigenvalue weighted by atomic mass is 32.1. The van der Waals surface area contributed by atoms with Gasteiger partial charge in [0, 0.05) is 12.2 Å². The lowest BCUT2D eigenvalue weighted by molar-refractivity contribution is 0.979. The molecule has 0 bridgehead atoms. The Balaban J connectivity index is 2.86. The van der Waals surface area contributed by atoms with E-state index in [1.807, 2.05) is 6.92 Å². The van der Waals surface area contributed by atoms with Crippen LogP contribution in [0.5, 0.6) is 0 Å². The SMILES string of the molecule is CCNC(=S)Nc1cc(C)c(C)cc1C. The van der Waals surface area contributed by atoms with Crippen molar-refractivity contribution in [3.8, 4) is 0 Å². The van der Waals surface area contributed by atoms with Crippen molar-refractivity contribution in [1.29, 1.82) is 0 Å². The molecule has 0 atom stereocenters. The minimum atomic E-state index is 0.684. The molecule has 0 aliphatic rings. The van der Waals surface area contributed by atoms with Gasteiger partial charge in [-0.1, -0.05) is 6.07 Å². The zero-order valence-corrected chi connectivity index (χ0v) is 10.6.